The average molecular weight is 622 g/mol. The van der Waals surface area contributed by atoms with Gasteiger partial charge in [0.2, 0.25) is 11.8 Å². The molecule has 1 unspecified atom stereocenters. The van der Waals surface area contributed by atoms with E-state index in [1.807, 2.05) is 63.2 Å². The maximum atomic E-state index is 14.4. The molecule has 5 rings (SSSR count). The molecule has 3 N–H and O–H groups in total. The second-order valence-corrected chi connectivity index (χ2v) is 13.4. The number of hydrogen-bond donors (Lipinski definition) is 3. The number of carboxylic acids is 1. The number of aliphatic carboxylic acids is 1. The average Bonchev–Trinajstić information content (AvgIpc) is 3.60. The first-order chi connectivity index (χ1) is 21.6. The normalized spacial score (nSPS) is 25.6. The lowest BCUT2D eigenvalue weighted by Crippen LogP contribution is -2.58. The molecule has 1 heterocycles. The molecule has 0 radical (unpaired) electrons. The smallest absolute Gasteiger partial charge is 0.407 e. The van der Waals surface area contributed by atoms with Crippen LogP contribution in [0.15, 0.2) is 42.5 Å². The molecular formula is C35H47N3O7. The van der Waals surface area contributed by atoms with Crippen molar-refractivity contribution in [2.24, 2.45) is 17.8 Å². The Balaban J connectivity index is 1.37. The van der Waals surface area contributed by atoms with Crippen LogP contribution in [0.4, 0.5) is 4.79 Å². The minimum atomic E-state index is -1.32. The molecule has 2 aromatic rings. The summed E-state index contributed by atoms with van der Waals surface area (Å²) in [4.78, 5) is 54.8. The number of nitrogens with one attached hydrogen (secondary N) is 2. The van der Waals surface area contributed by atoms with E-state index in [-0.39, 0.29) is 43.2 Å². The van der Waals surface area contributed by atoms with Crippen molar-refractivity contribution < 1.29 is 33.8 Å². The van der Waals surface area contributed by atoms with Crippen LogP contribution >= 0.6 is 0 Å². The van der Waals surface area contributed by atoms with Gasteiger partial charge in [-0.2, -0.15) is 0 Å². The van der Waals surface area contributed by atoms with E-state index in [2.05, 4.69) is 10.6 Å². The van der Waals surface area contributed by atoms with Gasteiger partial charge < -0.3 is 30.1 Å². The Hall–Kier alpha value is -3.66. The number of carbonyl (C=O) groups is 4. The molecule has 3 fully saturated rings. The molecule has 3 aliphatic rings. The van der Waals surface area contributed by atoms with Gasteiger partial charge in [-0.15, -0.1) is 0 Å². The van der Waals surface area contributed by atoms with E-state index < -0.39 is 41.7 Å². The summed E-state index contributed by atoms with van der Waals surface area (Å²) in [7, 11) is 0. The van der Waals surface area contributed by atoms with Crippen molar-refractivity contribution in [3.8, 4) is 0 Å². The molecular weight excluding hydrogens is 574 g/mol. The fourth-order valence-electron chi connectivity index (χ4n) is 7.07. The summed E-state index contributed by atoms with van der Waals surface area (Å²) in [5.41, 5.74) is -0.313. The summed E-state index contributed by atoms with van der Waals surface area (Å²) in [6.07, 6.45) is 4.67. The Morgan fingerprint density at radius 1 is 1.04 bits per heavy atom. The van der Waals surface area contributed by atoms with Crippen LogP contribution in [0, 0.1) is 17.8 Å². The van der Waals surface area contributed by atoms with Gasteiger partial charge in [0.1, 0.15) is 17.6 Å². The summed E-state index contributed by atoms with van der Waals surface area (Å²) >= 11 is 0. The van der Waals surface area contributed by atoms with Crippen LogP contribution in [-0.2, 0) is 30.5 Å². The molecule has 5 atom stereocenters. The van der Waals surface area contributed by atoms with Gasteiger partial charge in [-0.25, -0.2) is 9.59 Å². The molecule has 0 bridgehead atoms. The number of carboxylic acid groups (broad SMARTS) is 1. The van der Waals surface area contributed by atoms with E-state index in [4.69, 9.17) is 9.47 Å². The van der Waals surface area contributed by atoms with Gasteiger partial charge in [0, 0.05) is 13.0 Å². The second-order valence-electron chi connectivity index (χ2n) is 13.4. The lowest BCUT2D eigenvalue weighted by Gasteiger charge is -2.34. The fraction of sp³-hybridized carbons (Fsp3) is 0.600. The summed E-state index contributed by atoms with van der Waals surface area (Å²) in [5.74, 6) is -2.01. The van der Waals surface area contributed by atoms with E-state index in [9.17, 15) is 24.3 Å². The molecule has 10 heteroatoms. The number of amides is 3. The first kappa shape index (κ1) is 32.7. The van der Waals surface area contributed by atoms with Crippen molar-refractivity contribution in [1.29, 1.82) is 0 Å². The largest absolute Gasteiger partial charge is 0.479 e. The Bertz CT molecular complexity index is 1390. The highest BCUT2D eigenvalue weighted by atomic mass is 16.5. The highest BCUT2D eigenvalue weighted by Crippen LogP contribution is 2.46. The van der Waals surface area contributed by atoms with E-state index in [0.717, 1.165) is 48.4 Å². The monoisotopic (exact) mass is 621 g/mol. The number of alkyl carbamates (subject to hydrolysis) is 1. The van der Waals surface area contributed by atoms with Gasteiger partial charge in [-0.3, -0.25) is 9.59 Å². The van der Waals surface area contributed by atoms with Gasteiger partial charge >= 0.3 is 12.1 Å². The van der Waals surface area contributed by atoms with Gasteiger partial charge in [0.25, 0.3) is 0 Å². The van der Waals surface area contributed by atoms with E-state index in [1.54, 1.807) is 0 Å². The zero-order valence-electron chi connectivity index (χ0n) is 26.6. The quantitative estimate of drug-likeness (QED) is 0.303. The maximum Gasteiger partial charge on any atom is 0.407 e. The van der Waals surface area contributed by atoms with Crippen molar-refractivity contribution in [1.82, 2.24) is 15.5 Å². The summed E-state index contributed by atoms with van der Waals surface area (Å²) < 4.78 is 11.8. The van der Waals surface area contributed by atoms with Gasteiger partial charge in [-0.1, -0.05) is 88.9 Å². The Morgan fingerprint density at radius 3 is 2.47 bits per heavy atom. The standard InChI is InChI=1S/C35H47N3O7/c1-4-26-18-35(26,33(41)42)37-31(39)29-17-27(44-21-25-15-10-14-23-11-8-9-16-28(23)25)19-38(29)32(40)30(24-12-6-5-7-13-24)36-34(43)45-20-22(2)3/h8-11,14-16,22,24,26-27,29-30H,4-7,12-13,17-21H2,1-3H3,(H,36,43)(H,37,39)(H,41,42)/t26?,27-,29+,30+,35-/m1/s1. The first-order valence-electron chi connectivity index (χ1n) is 16.5. The van der Waals surface area contributed by atoms with Gasteiger partial charge in [0.05, 0.1) is 19.3 Å². The molecule has 0 spiro atoms. The van der Waals surface area contributed by atoms with E-state index >= 15 is 0 Å². The van der Waals surface area contributed by atoms with Gasteiger partial charge in [0.15, 0.2) is 0 Å². The number of rotatable bonds is 12. The molecule has 10 nitrogen and oxygen atoms in total. The van der Waals surface area contributed by atoms with E-state index in [1.165, 1.54) is 4.90 Å². The maximum absolute atomic E-state index is 14.4. The van der Waals surface area contributed by atoms with Crippen LogP contribution in [-0.4, -0.2) is 70.8 Å². The fourth-order valence-corrected chi connectivity index (χ4v) is 7.07. The number of ether oxygens (including phenoxy) is 2. The topological polar surface area (TPSA) is 134 Å². The minimum absolute atomic E-state index is 0.0875. The van der Waals surface area contributed by atoms with E-state index in [0.29, 0.717) is 19.4 Å². The van der Waals surface area contributed by atoms with Crippen molar-refractivity contribution in [2.45, 2.75) is 102 Å². The Morgan fingerprint density at radius 2 is 1.78 bits per heavy atom. The predicted molar refractivity (Wildman–Crippen MR) is 169 cm³/mol. The number of carbonyl (C=O) groups excluding carboxylic acids is 3. The summed E-state index contributed by atoms with van der Waals surface area (Å²) in [6.45, 7) is 6.47. The van der Waals surface area contributed by atoms with Crippen LogP contribution in [0.25, 0.3) is 10.8 Å². The van der Waals surface area contributed by atoms with Crippen molar-refractivity contribution >= 4 is 34.6 Å². The van der Waals surface area contributed by atoms with Crippen molar-refractivity contribution in [3.63, 3.8) is 0 Å². The van der Waals surface area contributed by atoms with Crippen molar-refractivity contribution in [3.05, 3.63) is 48.0 Å². The number of benzene rings is 2. The number of hydrogen-bond acceptors (Lipinski definition) is 6. The third-order valence-electron chi connectivity index (χ3n) is 9.74. The third kappa shape index (κ3) is 7.43. The molecule has 2 saturated carbocycles. The third-order valence-corrected chi connectivity index (χ3v) is 9.74. The number of nitrogens with zero attached hydrogens (tertiary/aromatic N) is 1. The lowest BCUT2D eigenvalue weighted by molar-refractivity contribution is -0.146. The SMILES string of the molecule is CCC1C[C@]1(NC(=O)[C@@H]1C[C@@H](OCc2cccc3ccccc23)CN1C(=O)[C@@H](NC(=O)OCC(C)C)C1CCCCC1)C(=O)O. The van der Waals surface area contributed by atoms with Crippen LogP contribution in [0.3, 0.4) is 0 Å². The highest BCUT2D eigenvalue weighted by Gasteiger charge is 2.61. The number of likely N-dealkylation sites (tertiary alicyclic amines) is 1. The lowest BCUT2D eigenvalue weighted by atomic mass is 9.83. The molecule has 244 valence electrons. The van der Waals surface area contributed by atoms with Crippen LogP contribution in [0.1, 0.15) is 77.7 Å². The molecule has 2 aromatic carbocycles. The van der Waals surface area contributed by atoms with Crippen LogP contribution in [0.5, 0.6) is 0 Å². The zero-order chi connectivity index (χ0) is 32.1. The molecule has 3 amide bonds. The summed E-state index contributed by atoms with van der Waals surface area (Å²) in [6, 6.07) is 12.3. The van der Waals surface area contributed by atoms with Crippen LogP contribution < -0.4 is 10.6 Å². The second kappa shape index (κ2) is 14.2. The van der Waals surface area contributed by atoms with Crippen molar-refractivity contribution in [2.75, 3.05) is 13.2 Å². The molecule has 0 aromatic heterocycles. The van der Waals surface area contributed by atoms with Crippen LogP contribution in [0.2, 0.25) is 0 Å². The minimum Gasteiger partial charge on any atom is -0.479 e. The summed E-state index contributed by atoms with van der Waals surface area (Å²) in [5, 5.41) is 17.8. The molecule has 1 saturated heterocycles. The Kier molecular flexibility index (Phi) is 10.3. The van der Waals surface area contributed by atoms with Gasteiger partial charge in [-0.05, 0) is 53.4 Å². The molecule has 1 aliphatic heterocycles. The first-order valence-corrected chi connectivity index (χ1v) is 16.5. The predicted octanol–water partition coefficient (Wildman–Crippen LogP) is 5.03. The number of fused-ring (bicyclic) bond motifs is 1. The Labute approximate surface area is 265 Å². The zero-order valence-corrected chi connectivity index (χ0v) is 26.6. The molecule has 45 heavy (non-hydrogen) atoms. The highest BCUT2D eigenvalue weighted by molar-refractivity contribution is 5.96. The molecule has 2 aliphatic carbocycles.